The first-order chi connectivity index (χ1) is 14.7. The quantitative estimate of drug-likeness (QED) is 0.534. The molecule has 0 saturated carbocycles. The summed E-state index contributed by atoms with van der Waals surface area (Å²) in [5.41, 5.74) is 2.62. The molecule has 2 aromatic heterocycles. The molecule has 0 atom stereocenters. The fourth-order valence-corrected chi connectivity index (χ4v) is 3.46. The van der Waals surface area contributed by atoms with E-state index in [0.717, 1.165) is 11.1 Å². The molecule has 3 rings (SSSR count). The molecule has 0 aliphatic heterocycles. The Morgan fingerprint density at radius 1 is 1.13 bits per heavy atom. The molecule has 3 aromatic rings. The summed E-state index contributed by atoms with van der Waals surface area (Å²) in [6, 6.07) is 8.60. The number of nitrogens with zero attached hydrogens (tertiary/aromatic N) is 5. The van der Waals surface area contributed by atoms with E-state index in [-0.39, 0.29) is 30.2 Å². The molecule has 0 N–H and O–H groups in total. The number of amides is 1. The molecule has 0 radical (unpaired) electrons. The van der Waals surface area contributed by atoms with E-state index in [1.54, 1.807) is 29.3 Å². The van der Waals surface area contributed by atoms with Gasteiger partial charge in [-0.3, -0.25) is 4.79 Å². The molecule has 31 heavy (non-hydrogen) atoms. The van der Waals surface area contributed by atoms with Gasteiger partial charge in [0.2, 0.25) is 0 Å². The van der Waals surface area contributed by atoms with Crippen LogP contribution >= 0.6 is 0 Å². The molecule has 2 heterocycles. The minimum atomic E-state index is -0.305. The van der Waals surface area contributed by atoms with Crippen molar-refractivity contribution in [2.24, 2.45) is 0 Å². The van der Waals surface area contributed by atoms with Crippen LogP contribution in [0.2, 0.25) is 0 Å². The normalized spacial score (nSPS) is 11.8. The van der Waals surface area contributed by atoms with Crippen LogP contribution in [0.25, 0.3) is 11.0 Å². The molecule has 0 unspecified atom stereocenters. The lowest BCUT2D eigenvalue weighted by molar-refractivity contribution is 0.0732. The van der Waals surface area contributed by atoms with Crippen molar-refractivity contribution in [2.75, 3.05) is 27.2 Å². The Hall–Kier alpha value is -2.80. The maximum Gasteiger partial charge on any atom is 0.255 e. The van der Waals surface area contributed by atoms with Crippen LogP contribution in [0.3, 0.4) is 0 Å². The van der Waals surface area contributed by atoms with E-state index in [0.29, 0.717) is 29.9 Å². The molecule has 1 amide bonds. The third-order valence-corrected chi connectivity index (χ3v) is 5.32. The number of hydrogen-bond donors (Lipinski definition) is 0. The van der Waals surface area contributed by atoms with Crippen LogP contribution in [0.4, 0.5) is 4.39 Å². The first kappa shape index (κ1) is 22.9. The minimum Gasteiger partial charge on any atom is -0.333 e. The van der Waals surface area contributed by atoms with Crippen LogP contribution in [-0.4, -0.2) is 57.7 Å². The third-order valence-electron chi connectivity index (χ3n) is 5.32. The smallest absolute Gasteiger partial charge is 0.255 e. The van der Waals surface area contributed by atoms with Gasteiger partial charge in [-0.05, 0) is 46.0 Å². The summed E-state index contributed by atoms with van der Waals surface area (Å²) in [5, 5.41) is 5.21. The van der Waals surface area contributed by atoms with Gasteiger partial charge in [0.15, 0.2) is 5.65 Å². The lowest BCUT2D eigenvalue weighted by Crippen LogP contribution is -2.36. The number of carbonyl (C=O) groups is 1. The topological polar surface area (TPSA) is 54.3 Å². The summed E-state index contributed by atoms with van der Waals surface area (Å²) in [4.78, 5) is 22.3. The second-order valence-corrected chi connectivity index (χ2v) is 8.79. The van der Waals surface area contributed by atoms with Crippen LogP contribution < -0.4 is 0 Å². The van der Waals surface area contributed by atoms with E-state index in [1.165, 1.54) is 6.07 Å². The zero-order valence-corrected chi connectivity index (χ0v) is 19.3. The third kappa shape index (κ3) is 5.10. The predicted molar refractivity (Wildman–Crippen MR) is 122 cm³/mol. The van der Waals surface area contributed by atoms with E-state index < -0.39 is 0 Å². The zero-order chi connectivity index (χ0) is 22.7. The van der Waals surface area contributed by atoms with Crippen molar-refractivity contribution in [2.45, 2.75) is 46.2 Å². The van der Waals surface area contributed by atoms with Gasteiger partial charge in [-0.1, -0.05) is 32.0 Å². The van der Waals surface area contributed by atoms with Gasteiger partial charge in [0.05, 0.1) is 17.1 Å². The monoisotopic (exact) mass is 425 g/mol. The Labute approximate surface area is 183 Å². The van der Waals surface area contributed by atoms with E-state index >= 15 is 0 Å². The van der Waals surface area contributed by atoms with Gasteiger partial charge in [-0.2, -0.15) is 5.10 Å². The van der Waals surface area contributed by atoms with Crippen molar-refractivity contribution in [1.29, 1.82) is 0 Å². The fraction of sp³-hybridized carbons (Fsp3) is 0.458. The number of pyridine rings is 1. The molecule has 6 nitrogen and oxygen atoms in total. The summed E-state index contributed by atoms with van der Waals surface area (Å²) >= 11 is 0. The Balaban J connectivity index is 2.08. The number of rotatable bonds is 8. The Morgan fingerprint density at radius 3 is 2.45 bits per heavy atom. The second kappa shape index (κ2) is 9.56. The van der Waals surface area contributed by atoms with E-state index in [9.17, 15) is 9.18 Å². The van der Waals surface area contributed by atoms with Crippen molar-refractivity contribution in [3.05, 3.63) is 59.2 Å². The lowest BCUT2D eigenvalue weighted by Gasteiger charge is -2.25. The number of benzene rings is 1. The maximum absolute atomic E-state index is 14.4. The molecule has 0 spiro atoms. The maximum atomic E-state index is 14.4. The van der Waals surface area contributed by atoms with Gasteiger partial charge in [-0.25, -0.2) is 14.1 Å². The summed E-state index contributed by atoms with van der Waals surface area (Å²) in [5.74, 6) is -0.281. The van der Waals surface area contributed by atoms with Crippen molar-refractivity contribution >= 4 is 16.9 Å². The number of carbonyl (C=O) groups excluding carboxylic acids is 1. The SMILES string of the molecule is CC(C)c1cc(C(=O)N(CCN(C)C)Cc2ccccc2F)c2cnn(C(C)C)c2n1. The standard InChI is InChI=1S/C24H32FN5O/c1-16(2)22-13-19(20-14-26-30(17(3)4)23(20)27-22)24(31)29(12-11-28(5)6)15-18-9-7-8-10-21(18)25/h7-10,13-14,16-17H,11-12,15H2,1-6H3. The number of halogens is 1. The summed E-state index contributed by atoms with van der Waals surface area (Å²) in [6.07, 6.45) is 1.72. The first-order valence-corrected chi connectivity index (χ1v) is 10.7. The zero-order valence-electron chi connectivity index (χ0n) is 19.3. The molecule has 0 saturated heterocycles. The number of aromatic nitrogens is 3. The highest BCUT2D eigenvalue weighted by atomic mass is 19.1. The first-order valence-electron chi connectivity index (χ1n) is 10.7. The van der Waals surface area contributed by atoms with Crippen molar-refractivity contribution < 1.29 is 9.18 Å². The Morgan fingerprint density at radius 2 is 1.84 bits per heavy atom. The molecule has 0 aliphatic rings. The van der Waals surface area contributed by atoms with Gasteiger partial charge in [-0.15, -0.1) is 0 Å². The van der Waals surface area contributed by atoms with Crippen LogP contribution in [0, 0.1) is 5.82 Å². The van der Waals surface area contributed by atoms with Crippen LogP contribution in [0.15, 0.2) is 36.5 Å². The molecule has 7 heteroatoms. The van der Waals surface area contributed by atoms with Gasteiger partial charge < -0.3 is 9.80 Å². The number of fused-ring (bicyclic) bond motifs is 1. The van der Waals surface area contributed by atoms with Gasteiger partial charge in [0.25, 0.3) is 5.91 Å². The summed E-state index contributed by atoms with van der Waals surface area (Å²) < 4.78 is 16.2. The Kier molecular flexibility index (Phi) is 7.05. The van der Waals surface area contributed by atoms with Gasteiger partial charge in [0, 0.05) is 36.9 Å². The molecule has 1 aromatic carbocycles. The molecule has 0 fully saturated rings. The largest absolute Gasteiger partial charge is 0.333 e. The van der Waals surface area contributed by atoms with Crippen molar-refractivity contribution in [3.8, 4) is 0 Å². The van der Waals surface area contributed by atoms with Crippen molar-refractivity contribution in [1.82, 2.24) is 24.6 Å². The van der Waals surface area contributed by atoms with Gasteiger partial charge in [0.1, 0.15) is 5.82 Å². The molecule has 0 bridgehead atoms. The molecule has 166 valence electrons. The van der Waals surface area contributed by atoms with Gasteiger partial charge >= 0.3 is 0 Å². The van der Waals surface area contributed by atoms with E-state index in [2.05, 4.69) is 18.9 Å². The second-order valence-electron chi connectivity index (χ2n) is 8.79. The highest BCUT2D eigenvalue weighted by molar-refractivity contribution is 6.05. The van der Waals surface area contributed by atoms with Crippen LogP contribution in [0.5, 0.6) is 0 Å². The fourth-order valence-electron chi connectivity index (χ4n) is 3.46. The Bertz CT molecular complexity index is 1060. The summed E-state index contributed by atoms with van der Waals surface area (Å²) in [7, 11) is 3.92. The molecular formula is C24H32FN5O. The highest BCUT2D eigenvalue weighted by Gasteiger charge is 2.24. The van der Waals surface area contributed by atoms with E-state index in [1.807, 2.05) is 43.6 Å². The molecular weight excluding hydrogens is 393 g/mol. The number of likely N-dealkylation sites (N-methyl/N-ethyl adjacent to an activating group) is 1. The predicted octanol–water partition coefficient (Wildman–Crippen LogP) is 4.48. The molecule has 0 aliphatic carbocycles. The highest BCUT2D eigenvalue weighted by Crippen LogP contribution is 2.26. The average molecular weight is 426 g/mol. The van der Waals surface area contributed by atoms with E-state index in [4.69, 9.17) is 4.98 Å². The lowest BCUT2D eigenvalue weighted by atomic mass is 10.0. The van der Waals surface area contributed by atoms with Crippen LogP contribution in [-0.2, 0) is 6.54 Å². The van der Waals surface area contributed by atoms with Crippen LogP contribution in [0.1, 0.15) is 61.3 Å². The number of hydrogen-bond acceptors (Lipinski definition) is 4. The minimum absolute atomic E-state index is 0.124. The van der Waals surface area contributed by atoms with Crippen molar-refractivity contribution in [3.63, 3.8) is 0 Å². The average Bonchev–Trinajstić information content (AvgIpc) is 3.15. The summed E-state index contributed by atoms with van der Waals surface area (Å²) in [6.45, 7) is 9.57.